The van der Waals surface area contributed by atoms with Crippen molar-refractivity contribution in [3.63, 3.8) is 0 Å². The van der Waals surface area contributed by atoms with Gasteiger partial charge in [-0.2, -0.15) is 10.2 Å². The van der Waals surface area contributed by atoms with Crippen molar-refractivity contribution in [1.29, 1.82) is 0 Å². The maximum atomic E-state index is 11.9. The van der Waals surface area contributed by atoms with Crippen LogP contribution in [0.2, 0.25) is 0 Å². The van der Waals surface area contributed by atoms with Gasteiger partial charge in [0.15, 0.2) is 0 Å². The van der Waals surface area contributed by atoms with Crippen LogP contribution in [0, 0.1) is 0 Å². The van der Waals surface area contributed by atoms with E-state index in [1.54, 1.807) is 6.92 Å². The molecule has 19 heavy (non-hydrogen) atoms. The van der Waals surface area contributed by atoms with Gasteiger partial charge in [0.1, 0.15) is 0 Å². The average molecular weight is 257 g/mol. The molecular weight excluding hydrogens is 242 g/mol. The fourth-order valence-electron chi connectivity index (χ4n) is 1.59. The van der Waals surface area contributed by atoms with Gasteiger partial charge in [0, 0.05) is 6.54 Å². The maximum Gasteiger partial charge on any atom is 0.253 e. The monoisotopic (exact) mass is 257 g/mol. The van der Waals surface area contributed by atoms with Gasteiger partial charge >= 0.3 is 0 Å². The second-order valence-electron chi connectivity index (χ2n) is 4.21. The van der Waals surface area contributed by atoms with E-state index < -0.39 is 6.10 Å². The van der Waals surface area contributed by atoms with Gasteiger partial charge in [-0.3, -0.25) is 4.79 Å². The fraction of sp³-hybridized carbons (Fsp3) is 0.214. The van der Waals surface area contributed by atoms with Crippen molar-refractivity contribution in [2.75, 3.05) is 0 Å². The van der Waals surface area contributed by atoms with Gasteiger partial charge in [0.05, 0.1) is 23.6 Å². The molecule has 1 aromatic carbocycles. The lowest BCUT2D eigenvalue weighted by atomic mass is 10.2. The van der Waals surface area contributed by atoms with Crippen LogP contribution in [0.1, 0.15) is 34.6 Å². The Balaban J connectivity index is 2.02. The lowest BCUT2D eigenvalue weighted by Crippen LogP contribution is -2.23. The van der Waals surface area contributed by atoms with Crippen LogP contribution < -0.4 is 5.32 Å². The lowest BCUT2D eigenvalue weighted by molar-refractivity contribution is 0.0950. The van der Waals surface area contributed by atoms with Crippen LogP contribution >= 0.6 is 0 Å². The summed E-state index contributed by atoms with van der Waals surface area (Å²) in [6.45, 7) is 2.03. The quantitative estimate of drug-likeness (QED) is 0.869. The average Bonchev–Trinajstić information content (AvgIpc) is 2.46. The van der Waals surface area contributed by atoms with Gasteiger partial charge in [0.2, 0.25) is 0 Å². The molecule has 0 radical (unpaired) electrons. The van der Waals surface area contributed by atoms with Crippen molar-refractivity contribution in [3.05, 3.63) is 59.4 Å². The number of amides is 1. The Morgan fingerprint density at radius 2 is 2.11 bits per heavy atom. The number of aromatic nitrogens is 2. The molecular formula is C14H15N3O2. The molecule has 0 bridgehead atoms. The van der Waals surface area contributed by atoms with E-state index in [-0.39, 0.29) is 5.91 Å². The molecule has 1 atom stereocenters. The van der Waals surface area contributed by atoms with Crippen LogP contribution in [0.3, 0.4) is 0 Å². The summed E-state index contributed by atoms with van der Waals surface area (Å²) in [6.07, 6.45) is 0.640. The molecule has 5 nitrogen and oxygen atoms in total. The smallest absolute Gasteiger partial charge is 0.253 e. The summed E-state index contributed by atoms with van der Waals surface area (Å²) in [5, 5.41) is 19.7. The van der Waals surface area contributed by atoms with Crippen LogP contribution in [0.4, 0.5) is 0 Å². The van der Waals surface area contributed by atoms with Crippen LogP contribution in [0.5, 0.6) is 0 Å². The minimum atomic E-state index is -0.741. The molecule has 2 N–H and O–H groups in total. The standard InChI is InChI=1S/C14H15N3O2/c1-10(18)13-7-12(9-16-17-13)14(19)15-8-11-5-3-2-4-6-11/h2-7,9-10,18H,8H2,1H3,(H,15,19). The van der Waals surface area contributed by atoms with Crippen molar-refractivity contribution in [1.82, 2.24) is 15.5 Å². The maximum absolute atomic E-state index is 11.9. The second-order valence-corrected chi connectivity index (χ2v) is 4.21. The van der Waals surface area contributed by atoms with Gasteiger partial charge in [-0.25, -0.2) is 0 Å². The third-order valence-corrected chi connectivity index (χ3v) is 2.66. The van der Waals surface area contributed by atoms with Gasteiger partial charge in [-0.05, 0) is 18.6 Å². The number of nitrogens with zero attached hydrogens (tertiary/aromatic N) is 2. The number of carbonyl (C=O) groups is 1. The van der Waals surface area contributed by atoms with E-state index in [2.05, 4.69) is 15.5 Å². The van der Waals surface area contributed by atoms with Crippen molar-refractivity contribution < 1.29 is 9.90 Å². The Bertz CT molecular complexity index is 556. The molecule has 2 aromatic rings. The zero-order valence-corrected chi connectivity index (χ0v) is 10.6. The lowest BCUT2D eigenvalue weighted by Gasteiger charge is -2.07. The third-order valence-electron chi connectivity index (χ3n) is 2.66. The number of hydrogen-bond donors (Lipinski definition) is 2. The van der Waals surface area contributed by atoms with Gasteiger partial charge in [-0.15, -0.1) is 0 Å². The Morgan fingerprint density at radius 1 is 1.37 bits per heavy atom. The minimum Gasteiger partial charge on any atom is -0.387 e. The number of rotatable bonds is 4. The van der Waals surface area contributed by atoms with Crippen molar-refractivity contribution in [2.45, 2.75) is 19.6 Å². The fourth-order valence-corrected chi connectivity index (χ4v) is 1.59. The first kappa shape index (κ1) is 13.2. The highest BCUT2D eigenvalue weighted by Crippen LogP contribution is 2.09. The van der Waals surface area contributed by atoms with Crippen LogP contribution in [0.15, 0.2) is 42.6 Å². The first-order chi connectivity index (χ1) is 9.16. The number of aliphatic hydroxyl groups is 1. The number of aliphatic hydroxyl groups excluding tert-OH is 1. The molecule has 98 valence electrons. The van der Waals surface area contributed by atoms with Crippen LogP contribution in [0.25, 0.3) is 0 Å². The molecule has 0 spiro atoms. The predicted octanol–water partition coefficient (Wildman–Crippen LogP) is 1.46. The molecule has 0 aliphatic rings. The second kappa shape index (κ2) is 6.06. The first-order valence-electron chi connectivity index (χ1n) is 5.99. The molecule has 1 unspecified atom stereocenters. The molecule has 0 aliphatic heterocycles. The topological polar surface area (TPSA) is 75.1 Å². The largest absolute Gasteiger partial charge is 0.387 e. The summed E-state index contributed by atoms with van der Waals surface area (Å²) in [5.41, 5.74) is 1.79. The molecule has 1 amide bonds. The number of carbonyl (C=O) groups excluding carboxylic acids is 1. The zero-order valence-electron chi connectivity index (χ0n) is 10.6. The van der Waals surface area contributed by atoms with Crippen LogP contribution in [-0.4, -0.2) is 21.2 Å². The first-order valence-corrected chi connectivity index (χ1v) is 5.99. The highest BCUT2D eigenvalue weighted by molar-refractivity contribution is 5.93. The van der Waals surface area contributed by atoms with E-state index >= 15 is 0 Å². The summed E-state index contributed by atoms with van der Waals surface area (Å²) >= 11 is 0. The van der Waals surface area contributed by atoms with E-state index in [1.807, 2.05) is 30.3 Å². The van der Waals surface area contributed by atoms with E-state index in [1.165, 1.54) is 12.3 Å². The molecule has 1 heterocycles. The summed E-state index contributed by atoms with van der Waals surface area (Å²) < 4.78 is 0. The van der Waals surface area contributed by atoms with Gasteiger partial charge in [-0.1, -0.05) is 30.3 Å². The van der Waals surface area contributed by atoms with Crippen molar-refractivity contribution in [3.8, 4) is 0 Å². The molecule has 0 saturated heterocycles. The van der Waals surface area contributed by atoms with E-state index in [0.717, 1.165) is 5.56 Å². The van der Waals surface area contributed by atoms with Crippen LogP contribution in [-0.2, 0) is 6.54 Å². The van der Waals surface area contributed by atoms with Gasteiger partial charge < -0.3 is 10.4 Å². The van der Waals surface area contributed by atoms with E-state index in [9.17, 15) is 9.90 Å². The van der Waals surface area contributed by atoms with Gasteiger partial charge in [0.25, 0.3) is 5.91 Å². The minimum absolute atomic E-state index is 0.236. The number of benzene rings is 1. The SMILES string of the molecule is CC(O)c1cc(C(=O)NCc2ccccc2)cnn1. The Labute approximate surface area is 111 Å². The van der Waals surface area contributed by atoms with Crippen molar-refractivity contribution in [2.24, 2.45) is 0 Å². The number of nitrogens with one attached hydrogen (secondary N) is 1. The normalized spacial score (nSPS) is 11.9. The Morgan fingerprint density at radius 3 is 2.79 bits per heavy atom. The van der Waals surface area contributed by atoms with E-state index in [4.69, 9.17) is 0 Å². The Hall–Kier alpha value is -2.27. The molecule has 0 aliphatic carbocycles. The molecule has 1 aromatic heterocycles. The Kier molecular flexibility index (Phi) is 4.20. The molecule has 0 saturated carbocycles. The number of hydrogen-bond acceptors (Lipinski definition) is 4. The highest BCUT2D eigenvalue weighted by atomic mass is 16.3. The third kappa shape index (κ3) is 3.59. The zero-order chi connectivity index (χ0) is 13.7. The van der Waals surface area contributed by atoms with E-state index in [0.29, 0.717) is 17.8 Å². The van der Waals surface area contributed by atoms with Crippen molar-refractivity contribution >= 4 is 5.91 Å². The molecule has 0 fully saturated rings. The summed E-state index contributed by atoms with van der Waals surface area (Å²) in [7, 11) is 0. The molecule has 5 heteroatoms. The summed E-state index contributed by atoms with van der Waals surface area (Å²) in [6, 6.07) is 11.2. The molecule has 2 rings (SSSR count). The predicted molar refractivity (Wildman–Crippen MR) is 70.3 cm³/mol. The summed E-state index contributed by atoms with van der Waals surface area (Å²) in [5.74, 6) is -0.236. The highest BCUT2D eigenvalue weighted by Gasteiger charge is 2.10. The summed E-state index contributed by atoms with van der Waals surface area (Å²) in [4.78, 5) is 11.9.